The molecule has 1 aromatic heterocycles. The highest BCUT2D eigenvalue weighted by molar-refractivity contribution is 5.79. The molecule has 0 bridgehead atoms. The molecule has 4 rings (SSSR count). The van der Waals surface area contributed by atoms with Crippen LogP contribution in [0.3, 0.4) is 0 Å². The first-order valence-corrected chi connectivity index (χ1v) is 11.3. The highest BCUT2D eigenvalue weighted by atomic mass is 16.5. The first-order valence-electron chi connectivity index (χ1n) is 11.3. The van der Waals surface area contributed by atoms with Crippen molar-refractivity contribution in [3.8, 4) is 5.75 Å². The highest BCUT2D eigenvalue weighted by Gasteiger charge is 2.26. The second-order valence-electron chi connectivity index (χ2n) is 8.46. The lowest BCUT2D eigenvalue weighted by molar-refractivity contribution is -0.126. The number of ether oxygens (including phenoxy) is 1. The van der Waals surface area contributed by atoms with Gasteiger partial charge in [-0.2, -0.15) is 5.10 Å². The summed E-state index contributed by atoms with van der Waals surface area (Å²) in [6, 6.07) is 19.1. The number of benzene rings is 2. The number of carbonyl (C=O) groups excluding carboxylic acids is 1. The molecule has 0 radical (unpaired) electrons. The van der Waals surface area contributed by atoms with Gasteiger partial charge >= 0.3 is 0 Å². The zero-order valence-corrected chi connectivity index (χ0v) is 19.1. The summed E-state index contributed by atoms with van der Waals surface area (Å²) in [6.45, 7) is 3.89. The highest BCUT2D eigenvalue weighted by Crippen LogP contribution is 2.24. The summed E-state index contributed by atoms with van der Waals surface area (Å²) < 4.78 is 6.67. The summed E-state index contributed by atoms with van der Waals surface area (Å²) in [5.41, 5.74) is 2.78. The number of rotatable bonds is 7. The third kappa shape index (κ3) is 5.61. The van der Waals surface area contributed by atoms with Crippen LogP contribution in [0.5, 0.6) is 5.75 Å². The van der Waals surface area contributed by atoms with Crippen LogP contribution in [0.15, 0.2) is 71.7 Å². The number of hydrogen-bond acceptors (Lipinski definition) is 5. The lowest BCUT2D eigenvalue weighted by atomic mass is 9.95. The summed E-state index contributed by atoms with van der Waals surface area (Å²) in [6.07, 6.45) is 3.24. The summed E-state index contributed by atoms with van der Waals surface area (Å²) in [5, 5.41) is 7.50. The van der Waals surface area contributed by atoms with Crippen molar-refractivity contribution in [1.29, 1.82) is 0 Å². The Kier molecular flexibility index (Phi) is 7.07. The number of piperidine rings is 1. The van der Waals surface area contributed by atoms with E-state index in [1.807, 2.05) is 61.5 Å². The van der Waals surface area contributed by atoms with Crippen molar-refractivity contribution in [2.45, 2.75) is 32.4 Å². The zero-order valence-electron chi connectivity index (χ0n) is 19.1. The van der Waals surface area contributed by atoms with Gasteiger partial charge in [0.05, 0.1) is 31.6 Å². The van der Waals surface area contributed by atoms with Crippen molar-refractivity contribution in [2.24, 2.45) is 5.92 Å². The molecule has 2 aromatic carbocycles. The minimum absolute atomic E-state index is 0.0339. The van der Waals surface area contributed by atoms with Crippen LogP contribution >= 0.6 is 0 Å². The van der Waals surface area contributed by atoms with Crippen LogP contribution in [0.4, 0.5) is 5.69 Å². The van der Waals surface area contributed by atoms with Gasteiger partial charge in [0.2, 0.25) is 5.91 Å². The average molecular weight is 447 g/mol. The maximum absolute atomic E-state index is 12.8. The maximum atomic E-state index is 12.8. The number of anilines is 1. The molecule has 0 aliphatic carbocycles. The van der Waals surface area contributed by atoms with E-state index in [0.29, 0.717) is 6.54 Å². The number of methoxy groups -OCH3 is 1. The van der Waals surface area contributed by atoms with E-state index in [9.17, 15) is 9.59 Å². The van der Waals surface area contributed by atoms with E-state index in [1.54, 1.807) is 19.4 Å². The predicted molar refractivity (Wildman–Crippen MR) is 129 cm³/mol. The topological polar surface area (TPSA) is 76.5 Å². The third-order valence-electron chi connectivity index (χ3n) is 6.24. The van der Waals surface area contributed by atoms with Crippen LogP contribution in [0.25, 0.3) is 0 Å². The minimum Gasteiger partial charge on any atom is -0.497 e. The molecule has 2 heterocycles. The summed E-state index contributed by atoms with van der Waals surface area (Å²) >= 11 is 0. The standard InChI is InChI=1S/C26H30N4O3/c1-19(21-8-10-24(33-2)11-9-21)28-26(32)22-12-14-29(15-13-22)23-16-25(31)30(27-17-23)18-20-6-4-3-5-7-20/h3-11,16-17,19,22H,12-15,18H2,1-2H3,(H,28,32). The van der Waals surface area contributed by atoms with Crippen LogP contribution in [0.1, 0.15) is 36.9 Å². The molecule has 0 saturated carbocycles. The summed E-state index contributed by atoms with van der Waals surface area (Å²) in [4.78, 5) is 27.5. The minimum atomic E-state index is -0.121. The van der Waals surface area contributed by atoms with E-state index >= 15 is 0 Å². The fraction of sp³-hybridized carbons (Fsp3) is 0.346. The molecule has 1 fully saturated rings. The largest absolute Gasteiger partial charge is 0.497 e. The second-order valence-corrected chi connectivity index (χ2v) is 8.46. The van der Waals surface area contributed by atoms with E-state index in [-0.39, 0.29) is 23.4 Å². The molecule has 7 heteroatoms. The van der Waals surface area contributed by atoms with Crippen molar-refractivity contribution in [3.63, 3.8) is 0 Å². The van der Waals surface area contributed by atoms with Crippen LogP contribution in [-0.2, 0) is 11.3 Å². The SMILES string of the molecule is COc1ccc(C(C)NC(=O)C2CCN(c3cnn(Cc4ccccc4)c(=O)c3)CC2)cc1. The molecule has 1 N–H and O–H groups in total. The number of nitrogens with zero attached hydrogens (tertiary/aromatic N) is 3. The molecule has 0 spiro atoms. The molecule has 7 nitrogen and oxygen atoms in total. The fourth-order valence-electron chi connectivity index (χ4n) is 4.18. The van der Waals surface area contributed by atoms with Gasteiger partial charge in [-0.05, 0) is 43.0 Å². The lowest BCUT2D eigenvalue weighted by Gasteiger charge is -2.33. The van der Waals surface area contributed by atoms with Crippen molar-refractivity contribution >= 4 is 11.6 Å². The number of carbonyl (C=O) groups is 1. The Morgan fingerprint density at radius 3 is 2.45 bits per heavy atom. The maximum Gasteiger partial charge on any atom is 0.269 e. The molecular weight excluding hydrogens is 416 g/mol. The Morgan fingerprint density at radius 1 is 1.12 bits per heavy atom. The Bertz CT molecular complexity index is 1120. The van der Waals surface area contributed by atoms with Crippen LogP contribution in [0.2, 0.25) is 0 Å². The Labute approximate surface area is 194 Å². The summed E-state index contributed by atoms with van der Waals surface area (Å²) in [7, 11) is 1.64. The van der Waals surface area contributed by atoms with E-state index in [1.165, 1.54) is 4.68 Å². The quantitative estimate of drug-likeness (QED) is 0.602. The van der Waals surface area contributed by atoms with E-state index in [2.05, 4.69) is 15.3 Å². The van der Waals surface area contributed by atoms with Crippen molar-refractivity contribution in [3.05, 3.63) is 88.3 Å². The van der Waals surface area contributed by atoms with E-state index < -0.39 is 0 Å². The Morgan fingerprint density at radius 2 is 1.82 bits per heavy atom. The molecular formula is C26H30N4O3. The van der Waals surface area contributed by atoms with Crippen molar-refractivity contribution in [2.75, 3.05) is 25.1 Å². The zero-order chi connectivity index (χ0) is 23.2. The first-order chi connectivity index (χ1) is 16.0. The molecule has 1 aliphatic heterocycles. The number of aromatic nitrogens is 2. The fourth-order valence-corrected chi connectivity index (χ4v) is 4.18. The van der Waals surface area contributed by atoms with Crippen LogP contribution in [0, 0.1) is 5.92 Å². The average Bonchev–Trinajstić information content (AvgIpc) is 2.86. The van der Waals surface area contributed by atoms with Gasteiger partial charge in [-0.3, -0.25) is 9.59 Å². The lowest BCUT2D eigenvalue weighted by Crippen LogP contribution is -2.41. The third-order valence-corrected chi connectivity index (χ3v) is 6.24. The van der Waals surface area contributed by atoms with Gasteiger partial charge in [-0.25, -0.2) is 4.68 Å². The molecule has 1 saturated heterocycles. The molecule has 3 aromatic rings. The van der Waals surface area contributed by atoms with E-state index in [0.717, 1.165) is 48.5 Å². The Hall–Kier alpha value is -3.61. The molecule has 172 valence electrons. The number of amides is 1. The first kappa shape index (κ1) is 22.6. The molecule has 1 aliphatic rings. The van der Waals surface area contributed by atoms with Gasteiger partial charge < -0.3 is 15.0 Å². The van der Waals surface area contributed by atoms with Crippen molar-refractivity contribution in [1.82, 2.24) is 15.1 Å². The monoisotopic (exact) mass is 446 g/mol. The van der Waals surface area contributed by atoms with Gasteiger partial charge in [-0.1, -0.05) is 42.5 Å². The van der Waals surface area contributed by atoms with Gasteiger partial charge in [0.15, 0.2) is 0 Å². The van der Waals surface area contributed by atoms with Crippen molar-refractivity contribution < 1.29 is 9.53 Å². The smallest absolute Gasteiger partial charge is 0.269 e. The van der Waals surface area contributed by atoms with Gasteiger partial charge in [0.1, 0.15) is 5.75 Å². The van der Waals surface area contributed by atoms with E-state index in [4.69, 9.17) is 4.74 Å². The van der Waals surface area contributed by atoms with Crippen LogP contribution < -0.4 is 20.5 Å². The molecule has 1 unspecified atom stereocenters. The van der Waals surface area contributed by atoms with Crippen LogP contribution in [-0.4, -0.2) is 35.9 Å². The number of hydrogen-bond donors (Lipinski definition) is 1. The van der Waals surface area contributed by atoms with Gasteiger partial charge in [-0.15, -0.1) is 0 Å². The molecule has 33 heavy (non-hydrogen) atoms. The number of nitrogens with one attached hydrogen (secondary N) is 1. The molecule has 1 atom stereocenters. The van der Waals surface area contributed by atoms with Gasteiger partial charge in [0, 0.05) is 25.1 Å². The van der Waals surface area contributed by atoms with Gasteiger partial charge in [0.25, 0.3) is 5.56 Å². The normalized spacial score (nSPS) is 15.2. The second kappa shape index (κ2) is 10.3. The molecule has 1 amide bonds. The predicted octanol–water partition coefficient (Wildman–Crippen LogP) is 3.39. The summed E-state index contributed by atoms with van der Waals surface area (Å²) in [5.74, 6) is 0.842. The Balaban J connectivity index is 1.31.